The molecule has 0 radical (unpaired) electrons. The van der Waals surface area contributed by atoms with Crippen LogP contribution >= 0.6 is 11.3 Å². The highest BCUT2D eigenvalue weighted by Crippen LogP contribution is 2.59. The Morgan fingerprint density at radius 3 is 3.06 bits per heavy atom. The van der Waals surface area contributed by atoms with E-state index >= 15 is 0 Å². The van der Waals surface area contributed by atoms with Gasteiger partial charge >= 0.3 is 0 Å². The molecule has 0 spiro atoms. The topological polar surface area (TPSA) is 37.5 Å². The van der Waals surface area contributed by atoms with Gasteiger partial charge in [-0.3, -0.25) is 4.40 Å². The molecule has 0 aliphatic heterocycles. The molecule has 17 heavy (non-hydrogen) atoms. The molecule has 3 nitrogen and oxygen atoms in total. The summed E-state index contributed by atoms with van der Waals surface area (Å²) in [6, 6.07) is 0. The SMILES string of the molecule is OC(Cc1cn2ccsc2n1)C1C2CCCC21. The molecule has 2 aromatic rings. The smallest absolute Gasteiger partial charge is 0.193 e. The largest absolute Gasteiger partial charge is 0.392 e. The minimum atomic E-state index is -0.171. The Bertz CT molecular complexity index is 508. The first-order chi connectivity index (χ1) is 8.33. The van der Waals surface area contributed by atoms with Crippen LogP contribution in [-0.4, -0.2) is 20.6 Å². The minimum Gasteiger partial charge on any atom is -0.392 e. The molecular weight excluding hydrogens is 232 g/mol. The maximum absolute atomic E-state index is 10.3. The summed E-state index contributed by atoms with van der Waals surface area (Å²) in [6.07, 6.45) is 8.68. The zero-order chi connectivity index (χ0) is 11.4. The van der Waals surface area contributed by atoms with Gasteiger partial charge in [0.1, 0.15) is 0 Å². The van der Waals surface area contributed by atoms with Crippen LogP contribution in [0.4, 0.5) is 0 Å². The van der Waals surface area contributed by atoms with Gasteiger partial charge in [-0.15, -0.1) is 11.3 Å². The van der Waals surface area contributed by atoms with Crippen molar-refractivity contribution >= 4 is 16.3 Å². The van der Waals surface area contributed by atoms with E-state index in [9.17, 15) is 5.11 Å². The Labute approximate surface area is 104 Å². The highest BCUT2D eigenvalue weighted by molar-refractivity contribution is 7.15. The van der Waals surface area contributed by atoms with Crippen molar-refractivity contribution in [2.24, 2.45) is 17.8 Å². The van der Waals surface area contributed by atoms with Crippen LogP contribution in [0.3, 0.4) is 0 Å². The number of rotatable bonds is 3. The summed E-state index contributed by atoms with van der Waals surface area (Å²) in [4.78, 5) is 5.57. The summed E-state index contributed by atoms with van der Waals surface area (Å²) < 4.78 is 2.04. The molecule has 2 saturated carbocycles. The molecule has 2 aliphatic rings. The first kappa shape index (κ1) is 10.1. The molecule has 3 unspecified atom stereocenters. The summed E-state index contributed by atoms with van der Waals surface area (Å²) in [7, 11) is 0. The number of fused-ring (bicyclic) bond motifs is 2. The van der Waals surface area contributed by atoms with E-state index in [0.29, 0.717) is 5.92 Å². The fourth-order valence-corrected chi connectivity index (χ4v) is 4.39. The number of aliphatic hydroxyl groups excluding tert-OH is 1. The molecule has 0 saturated heterocycles. The number of thiazole rings is 1. The lowest BCUT2D eigenvalue weighted by molar-refractivity contribution is 0.134. The summed E-state index contributed by atoms with van der Waals surface area (Å²) in [6.45, 7) is 0. The number of hydrogen-bond acceptors (Lipinski definition) is 3. The highest BCUT2D eigenvalue weighted by Gasteiger charge is 2.55. The van der Waals surface area contributed by atoms with E-state index in [1.807, 2.05) is 22.2 Å². The second-order valence-corrected chi connectivity index (χ2v) is 6.31. The molecule has 1 N–H and O–H groups in total. The lowest BCUT2D eigenvalue weighted by atomic mass is 10.0. The van der Waals surface area contributed by atoms with Crippen molar-refractivity contribution in [2.45, 2.75) is 31.8 Å². The molecule has 90 valence electrons. The van der Waals surface area contributed by atoms with Crippen molar-refractivity contribution < 1.29 is 5.11 Å². The van der Waals surface area contributed by atoms with Crippen molar-refractivity contribution in [3.63, 3.8) is 0 Å². The fourth-order valence-electron chi connectivity index (χ4n) is 3.67. The molecule has 2 fully saturated rings. The first-order valence-electron chi connectivity index (χ1n) is 6.42. The zero-order valence-electron chi connectivity index (χ0n) is 9.62. The van der Waals surface area contributed by atoms with Gasteiger partial charge in [-0.2, -0.15) is 0 Å². The molecule has 0 bridgehead atoms. The standard InChI is InChI=1S/C13H16N2OS/c16-11(12-9-2-1-3-10(9)12)6-8-7-15-4-5-17-13(15)14-8/h4-5,7,9-12,16H,1-3,6H2. The van der Waals surface area contributed by atoms with Crippen molar-refractivity contribution in [1.29, 1.82) is 0 Å². The molecular formula is C13H16N2OS. The fraction of sp³-hybridized carbons (Fsp3) is 0.615. The van der Waals surface area contributed by atoms with Gasteiger partial charge in [0.05, 0.1) is 11.8 Å². The van der Waals surface area contributed by atoms with Crippen molar-refractivity contribution in [3.05, 3.63) is 23.5 Å². The number of aliphatic hydroxyl groups is 1. The third kappa shape index (κ3) is 1.54. The van der Waals surface area contributed by atoms with Gasteiger partial charge in [-0.1, -0.05) is 6.42 Å². The van der Waals surface area contributed by atoms with Crippen LogP contribution in [0, 0.1) is 17.8 Å². The molecule has 0 amide bonds. The molecule has 3 atom stereocenters. The average molecular weight is 248 g/mol. The number of imidazole rings is 1. The zero-order valence-corrected chi connectivity index (χ0v) is 10.4. The maximum atomic E-state index is 10.3. The Kier molecular flexibility index (Phi) is 2.11. The first-order valence-corrected chi connectivity index (χ1v) is 7.30. The van der Waals surface area contributed by atoms with E-state index in [2.05, 4.69) is 4.98 Å². The quantitative estimate of drug-likeness (QED) is 0.905. The van der Waals surface area contributed by atoms with Crippen molar-refractivity contribution in [2.75, 3.05) is 0 Å². The summed E-state index contributed by atoms with van der Waals surface area (Å²) >= 11 is 1.65. The Morgan fingerprint density at radius 2 is 2.29 bits per heavy atom. The Hall–Kier alpha value is -0.870. The summed E-state index contributed by atoms with van der Waals surface area (Å²) in [5, 5.41) is 12.3. The van der Waals surface area contributed by atoms with E-state index in [1.54, 1.807) is 11.3 Å². The van der Waals surface area contributed by atoms with Crippen molar-refractivity contribution in [1.82, 2.24) is 9.38 Å². The van der Waals surface area contributed by atoms with Crippen LogP contribution in [0.5, 0.6) is 0 Å². The number of aromatic nitrogens is 2. The highest BCUT2D eigenvalue weighted by atomic mass is 32.1. The van der Waals surface area contributed by atoms with Gasteiger partial charge in [-0.05, 0) is 30.6 Å². The van der Waals surface area contributed by atoms with Crippen LogP contribution in [0.1, 0.15) is 25.0 Å². The van der Waals surface area contributed by atoms with E-state index in [4.69, 9.17) is 0 Å². The van der Waals surface area contributed by atoms with E-state index in [1.165, 1.54) is 19.3 Å². The minimum absolute atomic E-state index is 0.171. The monoisotopic (exact) mass is 248 g/mol. The van der Waals surface area contributed by atoms with E-state index in [-0.39, 0.29) is 6.10 Å². The van der Waals surface area contributed by atoms with Crippen LogP contribution in [0.25, 0.3) is 4.96 Å². The lowest BCUT2D eigenvalue weighted by Gasteiger charge is -2.10. The van der Waals surface area contributed by atoms with Crippen LogP contribution in [0.15, 0.2) is 17.8 Å². The number of hydrogen-bond donors (Lipinski definition) is 1. The predicted octanol–water partition coefficient (Wildman–Crippen LogP) is 2.35. The Morgan fingerprint density at radius 1 is 1.47 bits per heavy atom. The van der Waals surface area contributed by atoms with Crippen LogP contribution in [0.2, 0.25) is 0 Å². The molecule has 4 heteroatoms. The van der Waals surface area contributed by atoms with E-state index in [0.717, 1.165) is 28.9 Å². The van der Waals surface area contributed by atoms with Gasteiger partial charge in [0.25, 0.3) is 0 Å². The Balaban J connectivity index is 1.48. The summed E-state index contributed by atoms with van der Waals surface area (Å²) in [5.74, 6) is 2.23. The maximum Gasteiger partial charge on any atom is 0.193 e. The van der Waals surface area contributed by atoms with Gasteiger partial charge in [0.15, 0.2) is 4.96 Å². The molecule has 2 aliphatic carbocycles. The second-order valence-electron chi connectivity index (χ2n) is 5.43. The van der Waals surface area contributed by atoms with Gasteiger partial charge in [0, 0.05) is 24.2 Å². The predicted molar refractivity (Wildman–Crippen MR) is 67.1 cm³/mol. The average Bonchev–Trinajstić information content (AvgIpc) is 2.74. The lowest BCUT2D eigenvalue weighted by Crippen LogP contribution is -2.16. The second kappa shape index (κ2) is 3.56. The van der Waals surface area contributed by atoms with Crippen LogP contribution in [-0.2, 0) is 6.42 Å². The van der Waals surface area contributed by atoms with Gasteiger partial charge in [-0.25, -0.2) is 4.98 Å². The van der Waals surface area contributed by atoms with Gasteiger partial charge < -0.3 is 5.11 Å². The molecule has 0 aromatic carbocycles. The third-order valence-electron chi connectivity index (χ3n) is 4.48. The van der Waals surface area contributed by atoms with Crippen LogP contribution < -0.4 is 0 Å². The molecule has 4 rings (SSSR count). The van der Waals surface area contributed by atoms with Gasteiger partial charge in [0.2, 0.25) is 0 Å². The third-order valence-corrected chi connectivity index (χ3v) is 5.25. The molecule has 2 heterocycles. The molecule has 2 aromatic heterocycles. The summed E-state index contributed by atoms with van der Waals surface area (Å²) in [5.41, 5.74) is 1.04. The van der Waals surface area contributed by atoms with E-state index < -0.39 is 0 Å². The number of nitrogens with zero attached hydrogens (tertiary/aromatic N) is 2. The van der Waals surface area contributed by atoms with Crippen molar-refractivity contribution in [3.8, 4) is 0 Å². The normalized spacial score (nSPS) is 32.9.